The van der Waals surface area contributed by atoms with Crippen LogP contribution in [0.15, 0.2) is 4.99 Å². The van der Waals surface area contributed by atoms with Gasteiger partial charge in [0.2, 0.25) is 41.4 Å². The second-order valence-electron chi connectivity index (χ2n) is 13.3. The summed E-state index contributed by atoms with van der Waals surface area (Å²) in [4.78, 5) is 119. The number of aliphatic imine (C=N–C) groups is 1. The van der Waals surface area contributed by atoms with Crippen LogP contribution in [0.25, 0.3) is 0 Å². The maximum absolute atomic E-state index is 13.8. The van der Waals surface area contributed by atoms with Crippen LogP contribution in [0.4, 0.5) is 0 Å². The molecule has 0 unspecified atom stereocenters. The monoisotopic (exact) mass is 785 g/mol. The molecule has 0 aromatic heterocycles. The van der Waals surface area contributed by atoms with E-state index in [-0.39, 0.29) is 38.3 Å². The van der Waals surface area contributed by atoms with E-state index < -0.39 is 120 Å². The topological polar surface area (TPSA) is 394 Å². The molecule has 0 aliphatic carbocycles. The molecule has 1 aliphatic rings. The number of nitrogens with one attached hydrogen (secondary N) is 5. The highest BCUT2D eigenvalue weighted by atomic mass is 16.4. The predicted octanol–water partition coefficient (Wildman–Crippen LogP) is -5.34. The van der Waals surface area contributed by atoms with Crippen LogP contribution in [0.2, 0.25) is 0 Å². The van der Waals surface area contributed by atoms with E-state index in [1.807, 2.05) is 0 Å². The molecule has 23 nitrogen and oxygen atoms in total. The molecule has 0 aromatic carbocycles. The molecule has 23 heteroatoms. The molecule has 1 rings (SSSR count). The van der Waals surface area contributed by atoms with Crippen molar-refractivity contribution >= 4 is 59.2 Å². The molecular weight excluding hydrogens is 730 g/mol. The maximum atomic E-state index is 13.8. The highest BCUT2D eigenvalue weighted by molar-refractivity contribution is 5.98. The first-order valence-corrected chi connectivity index (χ1v) is 17.6. The van der Waals surface area contributed by atoms with Crippen LogP contribution >= 0.6 is 0 Å². The normalized spacial score (nSPS) is 18.1. The highest BCUT2D eigenvalue weighted by Crippen LogP contribution is 2.19. The summed E-state index contributed by atoms with van der Waals surface area (Å²) in [6, 6.07) is -10.1. The largest absolute Gasteiger partial charge is 0.481 e. The molecule has 1 heterocycles. The molecule has 310 valence electrons. The summed E-state index contributed by atoms with van der Waals surface area (Å²) in [5.74, 6) is -10.2. The zero-order valence-electron chi connectivity index (χ0n) is 31.3. The van der Waals surface area contributed by atoms with E-state index in [0.717, 1.165) is 11.8 Å². The molecule has 1 saturated heterocycles. The lowest BCUT2D eigenvalue weighted by Gasteiger charge is -2.30. The van der Waals surface area contributed by atoms with E-state index >= 15 is 0 Å². The summed E-state index contributed by atoms with van der Waals surface area (Å²) in [5, 5.41) is 40.4. The summed E-state index contributed by atoms with van der Waals surface area (Å²) in [5.41, 5.74) is 21.6. The van der Waals surface area contributed by atoms with Crippen molar-refractivity contribution in [2.24, 2.45) is 33.8 Å². The van der Waals surface area contributed by atoms with Crippen LogP contribution < -0.4 is 49.5 Å². The number of rotatable bonds is 23. The van der Waals surface area contributed by atoms with Crippen LogP contribution in [0, 0.1) is 5.92 Å². The predicted molar refractivity (Wildman–Crippen MR) is 193 cm³/mol. The maximum Gasteiger partial charge on any atom is 0.326 e. The van der Waals surface area contributed by atoms with Crippen LogP contribution in [0.5, 0.6) is 0 Å². The number of carbonyl (C=O) groups excluding carboxylic acids is 7. The SMILES string of the molecule is CC[C@H](C)[C@H](NC(=O)[C@H](CC(N)=O)NC(=O)[C@@H](NC(=O)[C@@H](N)CC(=O)O)[C@@H](C)O)C(=O)N[C@@H](CCCN=C(N)N)C(=O)N[C@@H](C)C(=O)N1CCC[C@H]1C(=O)O. The minimum Gasteiger partial charge on any atom is -0.481 e. The molecule has 7 amide bonds. The number of likely N-dealkylation sites (tertiary alicyclic amines) is 1. The number of guanidine groups is 1. The lowest BCUT2D eigenvalue weighted by atomic mass is 9.96. The number of nitrogens with zero attached hydrogens (tertiary/aromatic N) is 2. The third-order valence-corrected chi connectivity index (χ3v) is 8.75. The number of hydrogen-bond acceptors (Lipinski definition) is 12. The first kappa shape index (κ1) is 47.4. The number of amides is 7. The number of hydrogen-bond donors (Lipinski definition) is 12. The van der Waals surface area contributed by atoms with Gasteiger partial charge in [-0.3, -0.25) is 43.3 Å². The summed E-state index contributed by atoms with van der Waals surface area (Å²) in [6.07, 6.45) is -2.08. The van der Waals surface area contributed by atoms with Gasteiger partial charge in [0.05, 0.1) is 25.0 Å². The molecule has 0 spiro atoms. The van der Waals surface area contributed by atoms with E-state index in [9.17, 15) is 53.4 Å². The van der Waals surface area contributed by atoms with E-state index in [1.165, 1.54) is 6.92 Å². The first-order chi connectivity index (χ1) is 25.6. The van der Waals surface area contributed by atoms with E-state index in [0.29, 0.717) is 12.8 Å². The molecule has 1 fully saturated rings. The van der Waals surface area contributed by atoms with Crippen molar-refractivity contribution in [3.05, 3.63) is 0 Å². The Bertz CT molecular complexity index is 1460. The second kappa shape index (κ2) is 22.6. The molecule has 0 saturated carbocycles. The Hall–Kier alpha value is -5.58. The van der Waals surface area contributed by atoms with Crippen molar-refractivity contribution in [3.63, 3.8) is 0 Å². The highest BCUT2D eigenvalue weighted by Gasteiger charge is 2.38. The molecule has 0 aromatic rings. The number of aliphatic carboxylic acids is 2. The zero-order chi connectivity index (χ0) is 42.2. The van der Waals surface area contributed by atoms with Crippen LogP contribution in [0.1, 0.15) is 72.6 Å². The van der Waals surface area contributed by atoms with Gasteiger partial charge in [0.1, 0.15) is 36.3 Å². The number of carboxylic acid groups (broad SMARTS) is 2. The van der Waals surface area contributed by atoms with Crippen molar-refractivity contribution < 1.29 is 58.5 Å². The number of aliphatic hydroxyl groups excluding tert-OH is 1. The van der Waals surface area contributed by atoms with E-state index in [4.69, 9.17) is 28.0 Å². The third-order valence-electron chi connectivity index (χ3n) is 8.75. The lowest BCUT2D eigenvalue weighted by Crippen LogP contribution is -2.62. The van der Waals surface area contributed by atoms with Gasteiger partial charge in [-0.05, 0) is 45.4 Å². The number of carbonyl (C=O) groups is 9. The van der Waals surface area contributed by atoms with Gasteiger partial charge in [0.15, 0.2) is 5.96 Å². The molecule has 0 bridgehead atoms. The van der Waals surface area contributed by atoms with Crippen molar-refractivity contribution in [1.29, 1.82) is 0 Å². The number of primary amides is 1. The summed E-state index contributed by atoms with van der Waals surface area (Å²) in [6.45, 7) is 6.00. The fourth-order valence-corrected chi connectivity index (χ4v) is 5.52. The average Bonchev–Trinajstić information content (AvgIpc) is 3.59. The van der Waals surface area contributed by atoms with Gasteiger partial charge in [-0.2, -0.15) is 0 Å². The number of carboxylic acids is 2. The van der Waals surface area contributed by atoms with Crippen molar-refractivity contribution in [2.45, 2.75) is 121 Å². The molecule has 9 atom stereocenters. The van der Waals surface area contributed by atoms with E-state index in [1.54, 1.807) is 13.8 Å². The Morgan fingerprint density at radius 2 is 1.35 bits per heavy atom. The fraction of sp³-hybridized carbons (Fsp3) is 0.688. The van der Waals surface area contributed by atoms with Crippen molar-refractivity contribution in [1.82, 2.24) is 31.5 Å². The Morgan fingerprint density at radius 1 is 0.782 bits per heavy atom. The van der Waals surface area contributed by atoms with Gasteiger partial charge in [-0.25, -0.2) is 4.79 Å². The average molecular weight is 786 g/mol. The standard InChI is InChI=1S/C32H55N11O12/c1-5-14(2)23(41-27(50)19(13-21(34)45)40-29(52)24(16(4)44)42-25(48)17(33)12-22(46)47)28(51)39-18(8-6-10-37-32(35)36)26(49)38-15(3)30(53)43-11-7-9-20(43)31(54)55/h14-20,23-24,44H,5-13,33H2,1-4H3,(H2,34,45)(H,38,49)(H,39,51)(H,40,52)(H,41,50)(H,42,48)(H,46,47)(H,54,55)(H4,35,36,37)/t14-,15-,16+,17-,18-,19-,20-,23-,24-/m0/s1. The molecule has 0 radical (unpaired) electrons. The summed E-state index contributed by atoms with van der Waals surface area (Å²) >= 11 is 0. The minimum atomic E-state index is -1.77. The third kappa shape index (κ3) is 15.7. The van der Waals surface area contributed by atoms with Gasteiger partial charge < -0.3 is 69.7 Å². The van der Waals surface area contributed by atoms with Gasteiger partial charge in [0, 0.05) is 13.1 Å². The molecule has 55 heavy (non-hydrogen) atoms. The zero-order valence-corrected chi connectivity index (χ0v) is 31.3. The van der Waals surface area contributed by atoms with Crippen LogP contribution in [0.3, 0.4) is 0 Å². The van der Waals surface area contributed by atoms with Crippen LogP contribution in [-0.4, -0.2) is 141 Å². The van der Waals surface area contributed by atoms with E-state index in [2.05, 4.69) is 31.6 Å². The van der Waals surface area contributed by atoms with Crippen molar-refractivity contribution in [2.75, 3.05) is 13.1 Å². The van der Waals surface area contributed by atoms with Gasteiger partial charge in [-0.1, -0.05) is 20.3 Å². The Kier molecular flexibility index (Phi) is 19.5. The number of nitrogens with two attached hydrogens (primary N) is 4. The second-order valence-corrected chi connectivity index (χ2v) is 13.3. The summed E-state index contributed by atoms with van der Waals surface area (Å²) < 4.78 is 0. The molecule has 16 N–H and O–H groups in total. The van der Waals surface area contributed by atoms with Crippen molar-refractivity contribution in [3.8, 4) is 0 Å². The van der Waals surface area contributed by atoms with Gasteiger partial charge >= 0.3 is 11.9 Å². The molecular formula is C32H55N11O12. The van der Waals surface area contributed by atoms with Gasteiger partial charge in [-0.15, -0.1) is 0 Å². The minimum absolute atomic E-state index is 0.0547. The van der Waals surface area contributed by atoms with Crippen LogP contribution in [-0.2, 0) is 43.2 Å². The Balaban J connectivity index is 3.28. The first-order valence-electron chi connectivity index (χ1n) is 17.6. The van der Waals surface area contributed by atoms with Gasteiger partial charge in [0.25, 0.3) is 0 Å². The lowest BCUT2D eigenvalue weighted by molar-refractivity contribution is -0.149. The smallest absolute Gasteiger partial charge is 0.326 e. The summed E-state index contributed by atoms with van der Waals surface area (Å²) in [7, 11) is 0. The number of aliphatic hydroxyl groups is 1. The quantitative estimate of drug-likeness (QED) is 0.0261. The Labute approximate surface area is 317 Å². The fourth-order valence-electron chi connectivity index (χ4n) is 5.52. The molecule has 1 aliphatic heterocycles. The Morgan fingerprint density at radius 3 is 1.87 bits per heavy atom.